The Bertz CT molecular complexity index is 256. The molecule has 0 aliphatic heterocycles. The molecular weight excluding hydrogens is 176 g/mol. The number of rotatable bonds is 2. The van der Waals surface area contributed by atoms with Gasteiger partial charge >= 0.3 is 0 Å². The fourth-order valence-electron chi connectivity index (χ4n) is 0.780. The van der Waals surface area contributed by atoms with Gasteiger partial charge in [-0.25, -0.2) is 4.98 Å². The van der Waals surface area contributed by atoms with E-state index in [1.165, 1.54) is 0 Å². The average molecular weight is 187 g/mol. The Labute approximate surface area is 76.4 Å². The van der Waals surface area contributed by atoms with Crippen molar-refractivity contribution < 1.29 is 0 Å². The van der Waals surface area contributed by atoms with Gasteiger partial charge in [0.1, 0.15) is 11.0 Å². The molecule has 66 valence electrons. The molecule has 0 spiro atoms. The van der Waals surface area contributed by atoms with Crippen LogP contribution in [0.25, 0.3) is 0 Å². The molecule has 0 atom stereocenters. The Morgan fingerprint density at radius 2 is 2.25 bits per heavy atom. The Morgan fingerprint density at radius 1 is 1.58 bits per heavy atom. The largest absolute Gasteiger partial charge is 0.368 e. The quantitative estimate of drug-likeness (QED) is 0.705. The Morgan fingerprint density at radius 3 is 2.75 bits per heavy atom. The van der Waals surface area contributed by atoms with Gasteiger partial charge in [0.2, 0.25) is 5.95 Å². The van der Waals surface area contributed by atoms with Crippen molar-refractivity contribution in [2.24, 2.45) is 0 Å². The molecule has 0 radical (unpaired) electrons. The summed E-state index contributed by atoms with van der Waals surface area (Å²) in [6, 6.07) is 1.68. The highest BCUT2D eigenvalue weighted by Gasteiger charge is 2.02. The van der Waals surface area contributed by atoms with Crippen molar-refractivity contribution in [3.63, 3.8) is 0 Å². The molecule has 0 bridgehead atoms. The van der Waals surface area contributed by atoms with Gasteiger partial charge in [-0.2, -0.15) is 4.98 Å². The van der Waals surface area contributed by atoms with E-state index in [0.29, 0.717) is 5.15 Å². The van der Waals surface area contributed by atoms with Gasteiger partial charge in [-0.1, -0.05) is 11.6 Å². The molecule has 0 unspecified atom stereocenters. The first-order valence-electron chi connectivity index (χ1n) is 3.64. The summed E-state index contributed by atoms with van der Waals surface area (Å²) in [4.78, 5) is 9.70. The van der Waals surface area contributed by atoms with E-state index in [0.717, 1.165) is 12.4 Å². The minimum absolute atomic E-state index is 0.206. The third-order valence-corrected chi connectivity index (χ3v) is 1.76. The molecule has 0 aliphatic rings. The van der Waals surface area contributed by atoms with Crippen LogP contribution in [0.5, 0.6) is 0 Å². The van der Waals surface area contributed by atoms with E-state index < -0.39 is 0 Å². The molecular formula is C7H11ClN4. The third kappa shape index (κ3) is 1.98. The van der Waals surface area contributed by atoms with E-state index >= 15 is 0 Å². The van der Waals surface area contributed by atoms with Crippen LogP contribution in [0.15, 0.2) is 6.07 Å². The lowest BCUT2D eigenvalue weighted by Crippen LogP contribution is -2.17. The van der Waals surface area contributed by atoms with Crippen molar-refractivity contribution in [2.75, 3.05) is 24.2 Å². The van der Waals surface area contributed by atoms with Crippen LogP contribution in [0.2, 0.25) is 5.15 Å². The van der Waals surface area contributed by atoms with Gasteiger partial charge in [0.25, 0.3) is 0 Å². The smallest absolute Gasteiger partial charge is 0.223 e. The Kier molecular flexibility index (Phi) is 2.70. The molecule has 0 fully saturated rings. The number of nitrogens with zero attached hydrogens (tertiary/aromatic N) is 3. The monoisotopic (exact) mass is 186 g/mol. The topological polar surface area (TPSA) is 55.0 Å². The van der Waals surface area contributed by atoms with Crippen molar-refractivity contribution in [2.45, 2.75) is 6.92 Å². The zero-order valence-corrected chi connectivity index (χ0v) is 7.84. The van der Waals surface area contributed by atoms with E-state index in [1.807, 2.05) is 18.9 Å². The fraction of sp³-hybridized carbons (Fsp3) is 0.429. The highest BCUT2D eigenvalue weighted by atomic mass is 35.5. The predicted molar refractivity (Wildman–Crippen MR) is 50.4 cm³/mol. The lowest BCUT2D eigenvalue weighted by Gasteiger charge is -2.15. The minimum atomic E-state index is 0.206. The van der Waals surface area contributed by atoms with Gasteiger partial charge < -0.3 is 10.6 Å². The zero-order chi connectivity index (χ0) is 9.14. The lowest BCUT2D eigenvalue weighted by atomic mass is 10.5. The van der Waals surface area contributed by atoms with Crippen molar-refractivity contribution in [3.8, 4) is 0 Å². The molecule has 1 aromatic rings. The molecule has 4 nitrogen and oxygen atoms in total. The van der Waals surface area contributed by atoms with Crippen LogP contribution in [0.1, 0.15) is 6.92 Å². The Balaban J connectivity index is 3.00. The molecule has 1 aromatic heterocycles. The summed E-state index contributed by atoms with van der Waals surface area (Å²) < 4.78 is 0. The SMILES string of the molecule is CCN(C)c1cc(Cl)nc(N)n1. The van der Waals surface area contributed by atoms with E-state index in [4.69, 9.17) is 17.3 Å². The van der Waals surface area contributed by atoms with Gasteiger partial charge in [-0.05, 0) is 6.92 Å². The van der Waals surface area contributed by atoms with Gasteiger partial charge in [-0.3, -0.25) is 0 Å². The standard InChI is InChI=1S/C7H11ClN4/c1-3-12(2)6-4-5(8)10-7(9)11-6/h4H,3H2,1-2H3,(H2,9,10,11). The second-order valence-electron chi connectivity index (χ2n) is 2.42. The molecule has 0 saturated carbocycles. The molecule has 0 saturated heterocycles. The van der Waals surface area contributed by atoms with E-state index in [-0.39, 0.29) is 5.95 Å². The summed E-state index contributed by atoms with van der Waals surface area (Å²) in [7, 11) is 1.91. The number of hydrogen-bond acceptors (Lipinski definition) is 4. The predicted octanol–water partition coefficient (Wildman–Crippen LogP) is 1.17. The normalized spacial score (nSPS) is 9.92. The Hall–Kier alpha value is -1.03. The van der Waals surface area contributed by atoms with Gasteiger partial charge in [-0.15, -0.1) is 0 Å². The maximum absolute atomic E-state index is 5.69. The number of anilines is 2. The first kappa shape index (κ1) is 9.06. The van der Waals surface area contributed by atoms with Crippen molar-refractivity contribution >= 4 is 23.4 Å². The summed E-state index contributed by atoms with van der Waals surface area (Å²) in [6.45, 7) is 2.87. The highest BCUT2D eigenvalue weighted by Crippen LogP contribution is 2.14. The van der Waals surface area contributed by atoms with Gasteiger partial charge in [0.05, 0.1) is 0 Å². The van der Waals surface area contributed by atoms with Crippen LogP contribution >= 0.6 is 11.6 Å². The third-order valence-electron chi connectivity index (χ3n) is 1.56. The molecule has 1 rings (SSSR count). The highest BCUT2D eigenvalue weighted by molar-refractivity contribution is 6.29. The number of hydrogen-bond donors (Lipinski definition) is 1. The van der Waals surface area contributed by atoms with Crippen LogP contribution in [0.3, 0.4) is 0 Å². The van der Waals surface area contributed by atoms with Crippen molar-refractivity contribution in [1.29, 1.82) is 0 Å². The van der Waals surface area contributed by atoms with Crippen LogP contribution in [-0.4, -0.2) is 23.6 Å². The molecule has 0 aromatic carbocycles. The van der Waals surface area contributed by atoms with Crippen molar-refractivity contribution in [3.05, 3.63) is 11.2 Å². The summed E-state index contributed by atoms with van der Waals surface area (Å²) in [5, 5.41) is 0.373. The summed E-state index contributed by atoms with van der Waals surface area (Å²) >= 11 is 5.69. The lowest BCUT2D eigenvalue weighted by molar-refractivity contribution is 0.932. The van der Waals surface area contributed by atoms with Crippen LogP contribution < -0.4 is 10.6 Å². The zero-order valence-electron chi connectivity index (χ0n) is 7.08. The first-order valence-corrected chi connectivity index (χ1v) is 4.02. The van der Waals surface area contributed by atoms with Crippen molar-refractivity contribution in [1.82, 2.24) is 9.97 Å². The van der Waals surface area contributed by atoms with Gasteiger partial charge in [0.15, 0.2) is 0 Å². The van der Waals surface area contributed by atoms with Crippen LogP contribution in [0, 0.1) is 0 Å². The number of halogens is 1. The minimum Gasteiger partial charge on any atom is -0.368 e. The fourth-order valence-corrected chi connectivity index (χ4v) is 0.965. The second kappa shape index (κ2) is 3.58. The summed E-state index contributed by atoms with van der Waals surface area (Å²) in [5.74, 6) is 0.952. The molecule has 0 amide bonds. The molecule has 5 heteroatoms. The van der Waals surface area contributed by atoms with E-state index in [1.54, 1.807) is 6.07 Å². The van der Waals surface area contributed by atoms with Gasteiger partial charge in [0, 0.05) is 19.7 Å². The summed E-state index contributed by atoms with van der Waals surface area (Å²) in [6.07, 6.45) is 0. The maximum atomic E-state index is 5.69. The molecule has 12 heavy (non-hydrogen) atoms. The second-order valence-corrected chi connectivity index (χ2v) is 2.81. The molecule has 1 heterocycles. The van der Waals surface area contributed by atoms with Crippen LogP contribution in [0.4, 0.5) is 11.8 Å². The van der Waals surface area contributed by atoms with E-state index in [9.17, 15) is 0 Å². The number of nitrogen functional groups attached to an aromatic ring is 1. The number of aromatic nitrogens is 2. The summed E-state index contributed by atoms with van der Waals surface area (Å²) in [5.41, 5.74) is 5.42. The first-order chi connectivity index (χ1) is 5.63. The average Bonchev–Trinajstić information content (AvgIpc) is 2.01. The van der Waals surface area contributed by atoms with Crippen LogP contribution in [-0.2, 0) is 0 Å². The molecule has 0 aliphatic carbocycles. The number of nitrogens with two attached hydrogens (primary N) is 1. The molecule has 2 N–H and O–H groups in total. The maximum Gasteiger partial charge on any atom is 0.223 e. The van der Waals surface area contributed by atoms with E-state index in [2.05, 4.69) is 9.97 Å².